The summed E-state index contributed by atoms with van der Waals surface area (Å²) in [6.07, 6.45) is 0.317. The van der Waals surface area contributed by atoms with Crippen molar-refractivity contribution in [3.63, 3.8) is 0 Å². The van der Waals surface area contributed by atoms with Gasteiger partial charge in [-0.05, 0) is 35.4 Å². The summed E-state index contributed by atoms with van der Waals surface area (Å²) in [5.41, 5.74) is 1.42. The van der Waals surface area contributed by atoms with E-state index >= 15 is 0 Å². The summed E-state index contributed by atoms with van der Waals surface area (Å²) in [4.78, 5) is 36.7. The summed E-state index contributed by atoms with van der Waals surface area (Å²) in [6.45, 7) is 1.29. The molecule has 2 aromatic rings. The van der Waals surface area contributed by atoms with E-state index in [-0.39, 0.29) is 12.8 Å². The van der Waals surface area contributed by atoms with E-state index in [1.165, 1.54) is 45.4 Å². The number of methoxy groups -OCH3 is 2. The maximum atomic E-state index is 13.1. The van der Waals surface area contributed by atoms with Gasteiger partial charge >= 0.3 is 5.97 Å². The predicted octanol–water partition coefficient (Wildman–Crippen LogP) is 1.78. The molecule has 2 amide bonds. The lowest BCUT2D eigenvalue weighted by Gasteiger charge is -2.22. The minimum atomic E-state index is -0.959. The Balaban J connectivity index is 2.17. The molecule has 2 N–H and O–H groups in total. The largest absolute Gasteiger partial charge is 0.497 e. The summed E-state index contributed by atoms with van der Waals surface area (Å²) in [5, 5.41) is 5.22. The number of hydrogen-bond acceptors (Lipinski definition) is 5. The Kier molecular flexibility index (Phi) is 8.34. The van der Waals surface area contributed by atoms with E-state index in [1.807, 2.05) is 0 Å². The maximum Gasteiger partial charge on any atom is 0.328 e. The Hall–Kier alpha value is -3.42. The van der Waals surface area contributed by atoms with Crippen molar-refractivity contribution in [2.24, 2.45) is 0 Å². The molecule has 30 heavy (non-hydrogen) atoms. The Morgan fingerprint density at radius 1 is 0.933 bits per heavy atom. The van der Waals surface area contributed by atoms with Crippen LogP contribution in [-0.4, -0.2) is 44.1 Å². The van der Waals surface area contributed by atoms with Crippen LogP contribution in [-0.2, 0) is 32.0 Å². The number of halogens is 1. The van der Waals surface area contributed by atoms with Crippen LogP contribution in [0.4, 0.5) is 4.39 Å². The molecule has 0 aliphatic carbocycles. The highest BCUT2D eigenvalue weighted by atomic mass is 19.1. The number of carbonyl (C=O) groups excluding carboxylic acids is 3. The van der Waals surface area contributed by atoms with Crippen LogP contribution in [0, 0.1) is 5.82 Å². The summed E-state index contributed by atoms with van der Waals surface area (Å²) in [7, 11) is 2.77. The van der Waals surface area contributed by atoms with Gasteiger partial charge in [-0.25, -0.2) is 9.18 Å². The molecule has 0 radical (unpaired) electrons. The zero-order valence-electron chi connectivity index (χ0n) is 17.1. The summed E-state index contributed by atoms with van der Waals surface area (Å²) >= 11 is 0. The van der Waals surface area contributed by atoms with Gasteiger partial charge in [0.05, 0.1) is 14.2 Å². The lowest BCUT2D eigenvalue weighted by atomic mass is 10.0. The Morgan fingerprint density at radius 3 is 2.20 bits per heavy atom. The average Bonchev–Trinajstić information content (AvgIpc) is 2.73. The molecular formula is C22H25FN2O5. The monoisotopic (exact) mass is 416 g/mol. The standard InChI is InChI=1S/C22H25FN2O5/c1-14(26)24-19(12-15-7-9-17(23)10-8-15)21(27)25-20(22(28)30-3)13-16-5-4-6-18(11-16)29-2/h4-11,19-20H,12-13H2,1-3H3,(H,24,26)(H,25,27)/t19-,20-/m1/s1. The van der Waals surface area contributed by atoms with E-state index < -0.39 is 35.7 Å². The van der Waals surface area contributed by atoms with Gasteiger partial charge in [-0.15, -0.1) is 0 Å². The number of rotatable bonds is 9. The Bertz CT molecular complexity index is 885. The van der Waals surface area contributed by atoms with E-state index in [2.05, 4.69) is 10.6 Å². The van der Waals surface area contributed by atoms with Gasteiger partial charge in [-0.3, -0.25) is 9.59 Å². The minimum Gasteiger partial charge on any atom is -0.497 e. The highest BCUT2D eigenvalue weighted by Gasteiger charge is 2.27. The molecule has 7 nitrogen and oxygen atoms in total. The molecule has 0 heterocycles. The predicted molar refractivity (Wildman–Crippen MR) is 108 cm³/mol. The molecule has 2 atom stereocenters. The van der Waals surface area contributed by atoms with Crippen molar-refractivity contribution in [1.82, 2.24) is 10.6 Å². The van der Waals surface area contributed by atoms with E-state index in [0.717, 1.165) is 5.56 Å². The van der Waals surface area contributed by atoms with Gasteiger partial charge in [0.15, 0.2) is 0 Å². The lowest BCUT2D eigenvalue weighted by Crippen LogP contribution is -2.53. The van der Waals surface area contributed by atoms with E-state index in [1.54, 1.807) is 24.3 Å². The molecule has 160 valence electrons. The second kappa shape index (κ2) is 10.9. The number of esters is 1. The summed E-state index contributed by atoms with van der Waals surface area (Å²) < 4.78 is 23.1. The fraction of sp³-hybridized carbons (Fsp3) is 0.318. The number of carbonyl (C=O) groups is 3. The van der Waals surface area contributed by atoms with Gasteiger partial charge in [0.25, 0.3) is 0 Å². The quantitative estimate of drug-likeness (QED) is 0.608. The molecule has 0 aromatic heterocycles. The van der Waals surface area contributed by atoms with Crippen LogP contribution >= 0.6 is 0 Å². The SMILES string of the molecule is COC(=O)[C@@H](Cc1cccc(OC)c1)NC(=O)[C@@H](Cc1ccc(F)cc1)NC(C)=O. The highest BCUT2D eigenvalue weighted by molar-refractivity contribution is 5.90. The maximum absolute atomic E-state index is 13.1. The topological polar surface area (TPSA) is 93.7 Å². The third-order valence-electron chi connectivity index (χ3n) is 4.42. The Labute approximate surface area is 174 Å². The van der Waals surface area contributed by atoms with Crippen LogP contribution in [0.3, 0.4) is 0 Å². The molecule has 0 bridgehead atoms. The van der Waals surface area contributed by atoms with E-state index in [0.29, 0.717) is 11.3 Å². The number of nitrogens with one attached hydrogen (secondary N) is 2. The molecule has 0 aliphatic rings. The van der Waals surface area contributed by atoms with Gasteiger partial charge in [-0.2, -0.15) is 0 Å². The molecule has 0 aliphatic heterocycles. The van der Waals surface area contributed by atoms with Gasteiger partial charge in [0, 0.05) is 19.8 Å². The minimum absolute atomic E-state index is 0.138. The first-order chi connectivity index (χ1) is 14.3. The molecule has 0 saturated carbocycles. The molecule has 8 heteroatoms. The third-order valence-corrected chi connectivity index (χ3v) is 4.42. The molecule has 2 aromatic carbocycles. The van der Waals surface area contributed by atoms with Crippen LogP contribution in [0.15, 0.2) is 48.5 Å². The molecule has 2 rings (SSSR count). The second-order valence-electron chi connectivity index (χ2n) is 6.72. The Morgan fingerprint density at radius 2 is 1.60 bits per heavy atom. The fourth-order valence-electron chi connectivity index (χ4n) is 2.95. The van der Waals surface area contributed by atoms with Crippen LogP contribution in [0.5, 0.6) is 5.75 Å². The number of benzene rings is 2. The first-order valence-electron chi connectivity index (χ1n) is 9.35. The first kappa shape index (κ1) is 22.9. The van der Waals surface area contributed by atoms with E-state index in [4.69, 9.17) is 9.47 Å². The molecule has 0 saturated heterocycles. The van der Waals surface area contributed by atoms with Crippen molar-refractivity contribution >= 4 is 17.8 Å². The van der Waals surface area contributed by atoms with E-state index in [9.17, 15) is 18.8 Å². The summed E-state index contributed by atoms with van der Waals surface area (Å²) in [6, 6.07) is 10.8. The molecule has 0 spiro atoms. The van der Waals surface area contributed by atoms with Crippen LogP contribution in [0.2, 0.25) is 0 Å². The lowest BCUT2D eigenvalue weighted by molar-refractivity contribution is -0.145. The van der Waals surface area contributed by atoms with Crippen LogP contribution < -0.4 is 15.4 Å². The zero-order valence-corrected chi connectivity index (χ0v) is 17.1. The fourth-order valence-corrected chi connectivity index (χ4v) is 2.95. The smallest absolute Gasteiger partial charge is 0.328 e. The van der Waals surface area contributed by atoms with Crippen molar-refractivity contribution in [2.45, 2.75) is 31.8 Å². The van der Waals surface area contributed by atoms with Crippen molar-refractivity contribution in [2.75, 3.05) is 14.2 Å². The van der Waals surface area contributed by atoms with Crippen molar-refractivity contribution in [3.8, 4) is 5.75 Å². The number of hydrogen-bond donors (Lipinski definition) is 2. The normalized spacial score (nSPS) is 12.4. The zero-order chi connectivity index (χ0) is 22.1. The van der Waals surface area contributed by atoms with Gasteiger partial charge in [0.1, 0.15) is 23.7 Å². The van der Waals surface area contributed by atoms with Gasteiger partial charge in [0.2, 0.25) is 11.8 Å². The molecule has 0 unspecified atom stereocenters. The average molecular weight is 416 g/mol. The number of ether oxygens (including phenoxy) is 2. The number of amides is 2. The third kappa shape index (κ3) is 6.88. The van der Waals surface area contributed by atoms with Gasteiger partial charge < -0.3 is 20.1 Å². The van der Waals surface area contributed by atoms with Gasteiger partial charge in [-0.1, -0.05) is 24.3 Å². The van der Waals surface area contributed by atoms with Crippen molar-refractivity contribution < 1.29 is 28.2 Å². The second-order valence-corrected chi connectivity index (χ2v) is 6.72. The van der Waals surface area contributed by atoms with Crippen molar-refractivity contribution in [1.29, 1.82) is 0 Å². The van der Waals surface area contributed by atoms with Crippen molar-refractivity contribution in [3.05, 3.63) is 65.5 Å². The first-order valence-corrected chi connectivity index (χ1v) is 9.35. The summed E-state index contributed by atoms with van der Waals surface area (Å²) in [5.74, 6) is -1.35. The molecular weight excluding hydrogens is 391 g/mol. The molecule has 0 fully saturated rings. The van der Waals surface area contributed by atoms with Crippen LogP contribution in [0.1, 0.15) is 18.1 Å². The van der Waals surface area contributed by atoms with Crippen LogP contribution in [0.25, 0.3) is 0 Å². The highest BCUT2D eigenvalue weighted by Crippen LogP contribution is 2.15.